The summed E-state index contributed by atoms with van der Waals surface area (Å²) in [5.74, 6) is 0.279. The van der Waals surface area contributed by atoms with E-state index in [0.717, 1.165) is 6.42 Å². The van der Waals surface area contributed by atoms with E-state index in [1.165, 1.54) is 11.1 Å². The summed E-state index contributed by atoms with van der Waals surface area (Å²) in [6.45, 7) is 6.28. The Morgan fingerprint density at radius 1 is 1.10 bits per heavy atom. The molecule has 1 nitrogen and oxygen atoms in total. The second-order valence-electron chi connectivity index (χ2n) is 4.94. The molecule has 104 valence electrons. The first-order valence-electron chi connectivity index (χ1n) is 7.07. The summed E-state index contributed by atoms with van der Waals surface area (Å²) in [7, 11) is 0.673. The lowest BCUT2D eigenvalue weighted by Crippen LogP contribution is -2.34. The number of rotatable bonds is 6. The van der Waals surface area contributed by atoms with Crippen LogP contribution in [0.2, 0.25) is 0 Å². The van der Waals surface area contributed by atoms with Crippen molar-refractivity contribution in [2.45, 2.75) is 24.9 Å². The van der Waals surface area contributed by atoms with Crippen LogP contribution in [0.3, 0.4) is 0 Å². The maximum Gasteiger partial charge on any atom is 0.147 e. The van der Waals surface area contributed by atoms with Crippen molar-refractivity contribution in [1.82, 2.24) is 0 Å². The molecule has 2 aromatic rings. The van der Waals surface area contributed by atoms with Crippen molar-refractivity contribution in [1.29, 1.82) is 0 Å². The largest absolute Gasteiger partial charge is 0.414 e. The Morgan fingerprint density at radius 2 is 1.65 bits per heavy atom. The third-order valence-electron chi connectivity index (χ3n) is 3.99. The van der Waals surface area contributed by atoms with Crippen molar-refractivity contribution >= 4 is 10.5 Å². The Kier molecular flexibility index (Phi) is 4.93. The summed E-state index contributed by atoms with van der Waals surface area (Å²) in [6, 6.07) is 21.0. The number of benzene rings is 2. The molecule has 0 aliphatic carbocycles. The molecule has 2 aromatic carbocycles. The number of hydrogen-bond acceptors (Lipinski definition) is 1. The van der Waals surface area contributed by atoms with E-state index >= 15 is 0 Å². The van der Waals surface area contributed by atoms with Crippen LogP contribution in [0.4, 0.5) is 0 Å². The molecule has 0 fully saturated rings. The average Bonchev–Trinajstić information content (AvgIpc) is 2.54. The molecule has 2 heteroatoms. The van der Waals surface area contributed by atoms with Gasteiger partial charge in [-0.1, -0.05) is 80.2 Å². The highest BCUT2D eigenvalue weighted by atomic mass is 28.2. The summed E-state index contributed by atoms with van der Waals surface area (Å²) >= 11 is 0. The first-order valence-corrected chi connectivity index (χ1v) is 7.89. The van der Waals surface area contributed by atoms with Crippen molar-refractivity contribution in [2.75, 3.05) is 0 Å². The Hall–Kier alpha value is -1.64. The molecule has 2 atom stereocenters. The molecular formula is C18H22OSi. The summed E-state index contributed by atoms with van der Waals surface area (Å²) in [5.41, 5.74) is 2.05. The lowest BCUT2D eigenvalue weighted by Gasteiger charge is -2.38. The zero-order chi connectivity index (χ0) is 14.4. The molecule has 0 amide bonds. The fraction of sp³-hybridized carbons (Fsp3) is 0.222. The van der Waals surface area contributed by atoms with Gasteiger partial charge in [0.05, 0.1) is 0 Å². The van der Waals surface area contributed by atoms with Gasteiger partial charge in [-0.05, 0) is 17.5 Å². The minimum atomic E-state index is -0.427. The van der Waals surface area contributed by atoms with Gasteiger partial charge in [0.2, 0.25) is 0 Å². The van der Waals surface area contributed by atoms with Crippen LogP contribution in [-0.4, -0.2) is 10.5 Å². The summed E-state index contributed by atoms with van der Waals surface area (Å²) in [5, 5.41) is 0. The second-order valence-corrected chi connectivity index (χ2v) is 5.35. The smallest absolute Gasteiger partial charge is 0.147 e. The molecule has 0 radical (unpaired) electrons. The molecule has 0 saturated heterocycles. The summed E-state index contributed by atoms with van der Waals surface area (Å²) in [4.78, 5) is 0. The van der Waals surface area contributed by atoms with E-state index in [1.807, 2.05) is 12.1 Å². The molecule has 0 aromatic heterocycles. The molecule has 20 heavy (non-hydrogen) atoms. The Morgan fingerprint density at radius 3 is 2.10 bits per heavy atom. The van der Waals surface area contributed by atoms with Gasteiger partial charge in [-0.2, -0.15) is 0 Å². The second kappa shape index (κ2) is 6.68. The summed E-state index contributed by atoms with van der Waals surface area (Å²) in [6.07, 6.45) is 2.98. The first-order chi connectivity index (χ1) is 9.78. The molecule has 0 N–H and O–H groups in total. The number of hydrogen-bond donors (Lipinski definition) is 0. The van der Waals surface area contributed by atoms with Crippen LogP contribution in [0.25, 0.3) is 0 Å². The summed E-state index contributed by atoms with van der Waals surface area (Å²) < 4.78 is 6.10. The highest BCUT2D eigenvalue weighted by Gasteiger charge is 2.37. The Balaban J connectivity index is 2.54. The molecular weight excluding hydrogens is 260 g/mol. The average molecular weight is 282 g/mol. The van der Waals surface area contributed by atoms with Gasteiger partial charge in [0.1, 0.15) is 16.1 Å². The molecule has 0 aliphatic rings. The van der Waals surface area contributed by atoms with Crippen molar-refractivity contribution in [3.05, 3.63) is 84.4 Å². The first kappa shape index (κ1) is 14.8. The molecule has 0 bridgehead atoms. The van der Waals surface area contributed by atoms with Gasteiger partial charge >= 0.3 is 0 Å². The predicted octanol–water partition coefficient (Wildman–Crippen LogP) is 3.56. The maximum atomic E-state index is 6.10. The van der Waals surface area contributed by atoms with E-state index in [9.17, 15) is 0 Å². The molecule has 0 heterocycles. The van der Waals surface area contributed by atoms with Crippen LogP contribution in [0.5, 0.6) is 0 Å². The topological polar surface area (TPSA) is 9.23 Å². The monoisotopic (exact) mass is 282 g/mol. The third-order valence-corrected chi connectivity index (χ3v) is 4.67. The highest BCUT2D eigenvalue weighted by molar-refractivity contribution is 5.98. The van der Waals surface area contributed by atoms with E-state index in [1.54, 1.807) is 0 Å². The van der Waals surface area contributed by atoms with Crippen LogP contribution >= 0.6 is 0 Å². The zero-order valence-corrected chi connectivity index (χ0v) is 14.3. The quantitative estimate of drug-likeness (QED) is 0.581. The standard InChI is InChI=1S/C18H22OSi/c1-3-17(15-11-7-5-8-12-15)18(4-2,19-20)16-13-9-6-10-14-16/h4-14,17H,2-3H2,1,20H3. The predicted molar refractivity (Wildman–Crippen MR) is 88.8 cm³/mol. The van der Waals surface area contributed by atoms with E-state index in [0.29, 0.717) is 10.5 Å². The van der Waals surface area contributed by atoms with Crippen LogP contribution < -0.4 is 0 Å². The zero-order valence-electron chi connectivity index (χ0n) is 12.3. The third kappa shape index (κ3) is 2.62. The Bertz CT molecular complexity index is 538. The Labute approximate surface area is 124 Å². The van der Waals surface area contributed by atoms with Crippen molar-refractivity contribution in [2.24, 2.45) is 0 Å². The van der Waals surface area contributed by atoms with Gasteiger partial charge in [0, 0.05) is 5.92 Å². The van der Waals surface area contributed by atoms with Crippen molar-refractivity contribution in [3.63, 3.8) is 0 Å². The van der Waals surface area contributed by atoms with E-state index in [-0.39, 0.29) is 5.92 Å². The lowest BCUT2D eigenvalue weighted by atomic mass is 9.76. The van der Waals surface area contributed by atoms with Crippen LogP contribution in [0, 0.1) is 0 Å². The van der Waals surface area contributed by atoms with E-state index < -0.39 is 5.60 Å². The lowest BCUT2D eigenvalue weighted by molar-refractivity contribution is 0.0970. The van der Waals surface area contributed by atoms with Gasteiger partial charge in [0.15, 0.2) is 0 Å². The van der Waals surface area contributed by atoms with Crippen LogP contribution in [0.15, 0.2) is 73.3 Å². The minimum Gasteiger partial charge on any atom is -0.414 e. The minimum absolute atomic E-state index is 0.279. The van der Waals surface area contributed by atoms with Gasteiger partial charge in [-0.15, -0.1) is 0 Å². The van der Waals surface area contributed by atoms with Gasteiger partial charge in [0.25, 0.3) is 0 Å². The van der Waals surface area contributed by atoms with Crippen molar-refractivity contribution in [3.8, 4) is 0 Å². The van der Waals surface area contributed by atoms with Crippen LogP contribution in [0.1, 0.15) is 30.4 Å². The fourth-order valence-corrected chi connectivity index (χ4v) is 3.66. The van der Waals surface area contributed by atoms with Gasteiger partial charge in [-0.25, -0.2) is 0 Å². The molecule has 0 aliphatic heterocycles. The molecule has 2 unspecified atom stereocenters. The maximum absolute atomic E-state index is 6.10. The van der Waals surface area contributed by atoms with E-state index in [4.69, 9.17) is 4.43 Å². The van der Waals surface area contributed by atoms with Gasteiger partial charge < -0.3 is 4.43 Å². The fourth-order valence-electron chi connectivity index (χ4n) is 2.98. The molecule has 0 saturated carbocycles. The van der Waals surface area contributed by atoms with E-state index in [2.05, 4.69) is 68.1 Å². The van der Waals surface area contributed by atoms with Crippen LogP contribution in [-0.2, 0) is 10.0 Å². The molecule has 0 spiro atoms. The normalized spacial score (nSPS) is 15.4. The molecule has 2 rings (SSSR count). The van der Waals surface area contributed by atoms with Crippen molar-refractivity contribution < 1.29 is 4.43 Å². The van der Waals surface area contributed by atoms with Gasteiger partial charge in [-0.3, -0.25) is 0 Å². The highest BCUT2D eigenvalue weighted by Crippen LogP contribution is 2.42. The SMILES string of the molecule is C=CC(O[SiH3])(c1ccccc1)C(CC)c1ccccc1.